The fraction of sp³-hybridized carbons (Fsp3) is 0.487. The zero-order valence-electron chi connectivity index (χ0n) is 28.9. The fourth-order valence-corrected chi connectivity index (χ4v) is 7.72. The minimum Gasteiger partial charge on any atom is -0.489 e. The van der Waals surface area contributed by atoms with Crippen LogP contribution in [0.1, 0.15) is 141 Å². The van der Waals surface area contributed by atoms with E-state index in [1.807, 2.05) is 25.1 Å². The highest BCUT2D eigenvalue weighted by Gasteiger charge is 2.39. The maximum absolute atomic E-state index is 13.5. The van der Waals surface area contributed by atoms with Crippen LogP contribution in [0.3, 0.4) is 0 Å². The number of fused-ring (bicyclic) bond motifs is 2. The standard InChI is InChI=1S/C39H50N2O7S/c1-3-5-6-7-8-9-10-11-12-13-14-15-16-20-29-21-17-22-31(27-29)48-30(4-2)28-40-49(46,47)35-26-19-24-33-37(35)39(43)32-23-18-25-34(41(44)45)36(32)38(33)42/h17-19,21-27,30,40H,3-16,20,28H2,1-2H3. The highest BCUT2D eigenvalue weighted by molar-refractivity contribution is 7.89. The average Bonchev–Trinajstić information content (AvgIpc) is 3.10. The summed E-state index contributed by atoms with van der Waals surface area (Å²) >= 11 is 0. The molecule has 1 unspecified atom stereocenters. The van der Waals surface area contributed by atoms with Crippen LogP contribution in [0.4, 0.5) is 5.69 Å². The van der Waals surface area contributed by atoms with Gasteiger partial charge in [-0.2, -0.15) is 0 Å². The second kappa shape index (κ2) is 18.8. The summed E-state index contributed by atoms with van der Waals surface area (Å²) in [5, 5.41) is 11.6. The zero-order chi connectivity index (χ0) is 35.2. The van der Waals surface area contributed by atoms with Gasteiger partial charge < -0.3 is 4.74 Å². The summed E-state index contributed by atoms with van der Waals surface area (Å²) in [5.74, 6) is -0.852. The molecule has 1 aliphatic carbocycles. The molecular formula is C39H50N2O7S. The van der Waals surface area contributed by atoms with Crippen molar-refractivity contribution in [3.05, 3.63) is 98.6 Å². The topological polar surface area (TPSA) is 133 Å². The van der Waals surface area contributed by atoms with Crippen molar-refractivity contribution in [1.82, 2.24) is 4.72 Å². The van der Waals surface area contributed by atoms with Gasteiger partial charge in [0, 0.05) is 23.7 Å². The van der Waals surface area contributed by atoms with E-state index in [2.05, 4.69) is 17.7 Å². The number of unbranched alkanes of at least 4 members (excludes halogenated alkanes) is 12. The van der Waals surface area contributed by atoms with Gasteiger partial charge in [-0.1, -0.05) is 121 Å². The Hall–Kier alpha value is -3.89. The molecule has 1 aliphatic rings. The molecule has 9 nitrogen and oxygen atoms in total. The lowest BCUT2D eigenvalue weighted by molar-refractivity contribution is -0.385. The van der Waals surface area contributed by atoms with Crippen LogP contribution in [-0.4, -0.2) is 37.6 Å². The van der Waals surface area contributed by atoms with Crippen molar-refractivity contribution in [1.29, 1.82) is 0 Å². The van der Waals surface area contributed by atoms with Crippen LogP contribution >= 0.6 is 0 Å². The van der Waals surface area contributed by atoms with Crippen LogP contribution in [-0.2, 0) is 16.4 Å². The number of nitrogens with zero attached hydrogens (tertiary/aromatic N) is 1. The van der Waals surface area contributed by atoms with Gasteiger partial charge in [-0.05, 0) is 49.1 Å². The molecular weight excluding hydrogens is 641 g/mol. The quantitative estimate of drug-likeness (QED) is 0.0494. The largest absolute Gasteiger partial charge is 0.489 e. The van der Waals surface area contributed by atoms with Crippen molar-refractivity contribution in [2.45, 2.75) is 121 Å². The van der Waals surface area contributed by atoms with E-state index in [1.54, 1.807) is 0 Å². The van der Waals surface area contributed by atoms with Crippen molar-refractivity contribution < 1.29 is 27.7 Å². The van der Waals surface area contributed by atoms with Crippen LogP contribution in [0, 0.1) is 10.1 Å². The number of benzene rings is 3. The molecule has 0 saturated heterocycles. The first-order valence-electron chi connectivity index (χ1n) is 17.9. The van der Waals surface area contributed by atoms with Gasteiger partial charge >= 0.3 is 0 Å². The monoisotopic (exact) mass is 690 g/mol. The number of nitrogens with one attached hydrogen (secondary N) is 1. The first kappa shape index (κ1) is 37.9. The molecule has 0 aliphatic heterocycles. The molecule has 49 heavy (non-hydrogen) atoms. The lowest BCUT2D eigenvalue weighted by Crippen LogP contribution is -2.36. The first-order valence-corrected chi connectivity index (χ1v) is 19.4. The van der Waals surface area contributed by atoms with Gasteiger partial charge in [-0.3, -0.25) is 19.7 Å². The zero-order valence-corrected chi connectivity index (χ0v) is 29.7. The number of rotatable bonds is 22. The second-order valence-corrected chi connectivity index (χ2v) is 14.7. The molecule has 0 bridgehead atoms. The van der Waals surface area contributed by atoms with E-state index in [9.17, 15) is 28.1 Å². The van der Waals surface area contributed by atoms with E-state index in [0.29, 0.717) is 12.2 Å². The molecule has 0 spiro atoms. The van der Waals surface area contributed by atoms with Crippen molar-refractivity contribution in [2.75, 3.05) is 6.54 Å². The van der Waals surface area contributed by atoms with Gasteiger partial charge in [0.2, 0.25) is 15.8 Å². The van der Waals surface area contributed by atoms with Gasteiger partial charge in [0.15, 0.2) is 5.78 Å². The number of nitro groups is 1. The van der Waals surface area contributed by atoms with Crippen molar-refractivity contribution in [2.24, 2.45) is 0 Å². The van der Waals surface area contributed by atoms with Gasteiger partial charge in [-0.15, -0.1) is 0 Å². The number of ether oxygens (including phenoxy) is 1. The summed E-state index contributed by atoms with van der Waals surface area (Å²) in [6.07, 6.45) is 18.0. The van der Waals surface area contributed by atoms with Crippen LogP contribution in [0.15, 0.2) is 65.6 Å². The Kier molecular flexibility index (Phi) is 14.5. The van der Waals surface area contributed by atoms with E-state index in [1.165, 1.54) is 113 Å². The Labute approximate surface area is 291 Å². The van der Waals surface area contributed by atoms with Crippen LogP contribution in [0.5, 0.6) is 5.75 Å². The summed E-state index contributed by atoms with van der Waals surface area (Å²) in [6.45, 7) is 4.09. The number of nitro benzene ring substituents is 1. The Morgan fingerprint density at radius 1 is 0.735 bits per heavy atom. The first-order chi connectivity index (χ1) is 23.7. The molecule has 0 fully saturated rings. The SMILES string of the molecule is CCCCCCCCCCCCCCCc1cccc(OC(CC)CNS(=O)(=O)c2cccc3c2C(=O)c2cccc([N+](=O)[O-])c2C3=O)c1. The third kappa shape index (κ3) is 10.3. The summed E-state index contributed by atoms with van der Waals surface area (Å²) in [5.41, 5.74) is -0.313. The van der Waals surface area contributed by atoms with E-state index in [-0.39, 0.29) is 33.7 Å². The van der Waals surface area contributed by atoms with E-state index in [0.717, 1.165) is 18.9 Å². The maximum atomic E-state index is 13.5. The molecule has 0 heterocycles. The van der Waals surface area contributed by atoms with Crippen molar-refractivity contribution in [3.63, 3.8) is 0 Å². The lowest BCUT2D eigenvalue weighted by Gasteiger charge is -2.22. The normalized spacial score (nSPS) is 13.2. The van der Waals surface area contributed by atoms with Crippen molar-refractivity contribution in [3.8, 4) is 5.75 Å². The van der Waals surface area contributed by atoms with Crippen LogP contribution in [0.2, 0.25) is 0 Å². The fourth-order valence-electron chi connectivity index (χ4n) is 6.43. The molecule has 3 aromatic rings. The minimum atomic E-state index is -4.26. The Morgan fingerprint density at radius 2 is 1.29 bits per heavy atom. The Balaban J connectivity index is 1.27. The molecule has 0 radical (unpaired) electrons. The van der Waals surface area contributed by atoms with E-state index in [4.69, 9.17) is 4.74 Å². The van der Waals surface area contributed by atoms with Gasteiger partial charge in [0.05, 0.1) is 15.4 Å². The summed E-state index contributed by atoms with van der Waals surface area (Å²) in [6, 6.07) is 15.6. The van der Waals surface area contributed by atoms with Gasteiger partial charge in [0.25, 0.3) is 5.69 Å². The number of hydrogen-bond donors (Lipinski definition) is 1. The number of hydrogen-bond acceptors (Lipinski definition) is 7. The summed E-state index contributed by atoms with van der Waals surface area (Å²) < 4.78 is 35.8. The van der Waals surface area contributed by atoms with Crippen LogP contribution in [0.25, 0.3) is 0 Å². The smallest absolute Gasteiger partial charge is 0.281 e. The van der Waals surface area contributed by atoms with E-state index >= 15 is 0 Å². The van der Waals surface area contributed by atoms with Gasteiger partial charge in [-0.25, -0.2) is 13.1 Å². The molecule has 3 aromatic carbocycles. The lowest BCUT2D eigenvalue weighted by atomic mass is 9.83. The molecule has 0 saturated carbocycles. The number of ketones is 2. The van der Waals surface area contributed by atoms with E-state index < -0.39 is 38.3 Å². The molecule has 264 valence electrons. The highest BCUT2D eigenvalue weighted by atomic mass is 32.2. The molecule has 1 N–H and O–H groups in total. The summed E-state index contributed by atoms with van der Waals surface area (Å²) in [7, 11) is -4.26. The molecule has 0 amide bonds. The number of carbonyl (C=O) groups is 2. The molecule has 10 heteroatoms. The maximum Gasteiger partial charge on any atom is 0.281 e. The minimum absolute atomic E-state index is 0.0597. The Bertz CT molecular complexity index is 1700. The molecule has 1 atom stereocenters. The third-order valence-corrected chi connectivity index (χ3v) is 10.7. The highest BCUT2D eigenvalue weighted by Crippen LogP contribution is 2.35. The second-order valence-electron chi connectivity index (χ2n) is 12.9. The third-order valence-electron chi connectivity index (χ3n) is 9.22. The average molecular weight is 691 g/mol. The van der Waals surface area contributed by atoms with Crippen LogP contribution < -0.4 is 9.46 Å². The number of carbonyl (C=O) groups excluding carboxylic acids is 2. The van der Waals surface area contributed by atoms with Gasteiger partial charge in [0.1, 0.15) is 17.4 Å². The predicted octanol–water partition coefficient (Wildman–Crippen LogP) is 9.14. The predicted molar refractivity (Wildman–Crippen MR) is 192 cm³/mol. The molecule has 4 rings (SSSR count). The molecule has 0 aromatic heterocycles. The van der Waals surface area contributed by atoms with Crippen molar-refractivity contribution >= 4 is 27.3 Å². The number of aryl methyl sites for hydroxylation is 1. The Morgan fingerprint density at radius 3 is 1.90 bits per heavy atom. The number of sulfonamides is 1. The summed E-state index contributed by atoms with van der Waals surface area (Å²) in [4.78, 5) is 37.3.